The summed E-state index contributed by atoms with van der Waals surface area (Å²) in [4.78, 5) is 7.99. The lowest BCUT2D eigenvalue weighted by molar-refractivity contribution is 1.01. The van der Waals surface area contributed by atoms with Crippen LogP contribution in [-0.4, -0.2) is 9.97 Å². The van der Waals surface area contributed by atoms with Crippen molar-refractivity contribution in [3.8, 4) is 0 Å². The van der Waals surface area contributed by atoms with Crippen LogP contribution in [0.3, 0.4) is 0 Å². The number of aromatic nitrogens is 2. The van der Waals surface area contributed by atoms with Crippen LogP contribution in [-0.2, 0) is 6.54 Å². The number of hydrogen-bond acceptors (Lipinski definition) is 3. The molecule has 0 atom stereocenters. The number of benzene rings is 1. The van der Waals surface area contributed by atoms with Crippen LogP contribution in [0.2, 0.25) is 5.02 Å². The lowest BCUT2D eigenvalue weighted by atomic mass is 10.2. The molecule has 1 heterocycles. The number of nitrogens with one attached hydrogen (secondary N) is 1. The molecule has 2 rings (SSSR count). The Labute approximate surface area is 99.5 Å². The molecule has 0 unspecified atom stereocenters. The van der Waals surface area contributed by atoms with Gasteiger partial charge in [-0.2, -0.15) is 0 Å². The van der Waals surface area contributed by atoms with Crippen LogP contribution in [0.4, 0.5) is 5.69 Å². The minimum Gasteiger partial charge on any atom is -0.378 e. The molecule has 0 aliphatic heterocycles. The highest BCUT2D eigenvalue weighted by molar-refractivity contribution is 6.33. The number of aryl methyl sites for hydroxylation is 1. The standard InChI is InChI=1S/C12H12ClN3/c1-9-2-3-12(11(13)6-9)15-7-10-4-5-14-8-16-10/h2-6,8,15H,7H2,1H3. The van der Waals surface area contributed by atoms with Crippen molar-refractivity contribution in [1.29, 1.82) is 0 Å². The van der Waals surface area contributed by atoms with Crippen molar-refractivity contribution in [1.82, 2.24) is 9.97 Å². The predicted molar refractivity (Wildman–Crippen MR) is 65.5 cm³/mol. The van der Waals surface area contributed by atoms with Gasteiger partial charge < -0.3 is 5.32 Å². The van der Waals surface area contributed by atoms with Crippen LogP contribution in [0.5, 0.6) is 0 Å². The molecule has 4 heteroatoms. The first-order valence-corrected chi connectivity index (χ1v) is 5.38. The van der Waals surface area contributed by atoms with Gasteiger partial charge in [0.2, 0.25) is 0 Å². The first kappa shape index (κ1) is 10.9. The molecule has 0 aliphatic rings. The van der Waals surface area contributed by atoms with E-state index < -0.39 is 0 Å². The second-order valence-electron chi connectivity index (χ2n) is 3.54. The highest BCUT2D eigenvalue weighted by Gasteiger charge is 2.00. The molecule has 82 valence electrons. The number of halogens is 1. The summed E-state index contributed by atoms with van der Waals surface area (Å²) < 4.78 is 0. The monoisotopic (exact) mass is 233 g/mol. The molecule has 3 nitrogen and oxygen atoms in total. The first-order valence-electron chi connectivity index (χ1n) is 5.00. The van der Waals surface area contributed by atoms with E-state index in [9.17, 15) is 0 Å². The van der Waals surface area contributed by atoms with Gasteiger partial charge in [0.1, 0.15) is 6.33 Å². The summed E-state index contributed by atoms with van der Waals surface area (Å²) >= 11 is 6.10. The number of anilines is 1. The highest BCUT2D eigenvalue weighted by atomic mass is 35.5. The normalized spacial score (nSPS) is 10.1. The van der Waals surface area contributed by atoms with Crippen molar-refractivity contribution in [2.24, 2.45) is 0 Å². The zero-order valence-electron chi connectivity index (χ0n) is 8.94. The maximum absolute atomic E-state index is 6.10. The van der Waals surface area contributed by atoms with E-state index in [4.69, 9.17) is 11.6 Å². The minimum atomic E-state index is 0.644. The van der Waals surface area contributed by atoms with E-state index in [-0.39, 0.29) is 0 Å². The van der Waals surface area contributed by atoms with Gasteiger partial charge in [-0.1, -0.05) is 17.7 Å². The van der Waals surface area contributed by atoms with Gasteiger partial charge in [0.25, 0.3) is 0 Å². The fraction of sp³-hybridized carbons (Fsp3) is 0.167. The smallest absolute Gasteiger partial charge is 0.115 e. The summed E-state index contributed by atoms with van der Waals surface area (Å²) in [5.41, 5.74) is 3.01. The van der Waals surface area contributed by atoms with Gasteiger partial charge in [0.15, 0.2) is 0 Å². The van der Waals surface area contributed by atoms with E-state index in [2.05, 4.69) is 15.3 Å². The van der Waals surface area contributed by atoms with Crippen molar-refractivity contribution in [2.75, 3.05) is 5.32 Å². The molecule has 0 amide bonds. The molecule has 0 spiro atoms. The Kier molecular flexibility index (Phi) is 3.37. The van der Waals surface area contributed by atoms with Crippen molar-refractivity contribution >= 4 is 17.3 Å². The van der Waals surface area contributed by atoms with E-state index in [1.807, 2.05) is 31.2 Å². The second-order valence-corrected chi connectivity index (χ2v) is 3.94. The lowest BCUT2D eigenvalue weighted by Crippen LogP contribution is -2.02. The SMILES string of the molecule is Cc1ccc(NCc2ccncn2)c(Cl)c1. The third-order valence-electron chi connectivity index (χ3n) is 2.23. The number of rotatable bonds is 3. The summed E-state index contributed by atoms with van der Waals surface area (Å²) in [6.45, 7) is 2.66. The van der Waals surface area contributed by atoms with Gasteiger partial charge >= 0.3 is 0 Å². The summed E-state index contributed by atoms with van der Waals surface area (Å²) in [7, 11) is 0. The van der Waals surface area contributed by atoms with E-state index in [1.54, 1.807) is 6.20 Å². The maximum atomic E-state index is 6.10. The average Bonchev–Trinajstić information content (AvgIpc) is 2.29. The Balaban J connectivity index is 2.05. The van der Waals surface area contributed by atoms with Gasteiger partial charge in [0, 0.05) is 6.20 Å². The maximum Gasteiger partial charge on any atom is 0.115 e. The molecule has 1 N–H and O–H groups in total. The van der Waals surface area contributed by atoms with Gasteiger partial charge in [0.05, 0.1) is 22.9 Å². The van der Waals surface area contributed by atoms with Gasteiger partial charge in [-0.25, -0.2) is 9.97 Å². The van der Waals surface area contributed by atoms with Crippen LogP contribution in [0.1, 0.15) is 11.3 Å². The third-order valence-corrected chi connectivity index (χ3v) is 2.54. The van der Waals surface area contributed by atoms with E-state index in [0.29, 0.717) is 6.54 Å². The molecule has 0 bridgehead atoms. The zero-order valence-corrected chi connectivity index (χ0v) is 9.70. The van der Waals surface area contributed by atoms with Crippen molar-refractivity contribution < 1.29 is 0 Å². The molecule has 0 saturated heterocycles. The Morgan fingerprint density at radius 2 is 2.19 bits per heavy atom. The predicted octanol–water partition coefficient (Wildman–Crippen LogP) is 3.05. The van der Waals surface area contributed by atoms with E-state index in [1.165, 1.54) is 6.33 Å². The summed E-state index contributed by atoms with van der Waals surface area (Å²) in [6, 6.07) is 7.80. The molecule has 0 aliphatic carbocycles. The molecule has 16 heavy (non-hydrogen) atoms. The number of nitrogens with zero attached hydrogens (tertiary/aromatic N) is 2. The van der Waals surface area contributed by atoms with E-state index in [0.717, 1.165) is 22.0 Å². The first-order chi connectivity index (χ1) is 7.75. The van der Waals surface area contributed by atoms with Gasteiger partial charge in [-0.3, -0.25) is 0 Å². The van der Waals surface area contributed by atoms with Gasteiger partial charge in [-0.15, -0.1) is 0 Å². The Hall–Kier alpha value is -1.61. The summed E-state index contributed by atoms with van der Waals surface area (Å²) in [5, 5.41) is 3.96. The third kappa shape index (κ3) is 2.70. The van der Waals surface area contributed by atoms with E-state index >= 15 is 0 Å². The molecule has 0 radical (unpaired) electrons. The highest BCUT2D eigenvalue weighted by Crippen LogP contribution is 2.22. The Morgan fingerprint density at radius 3 is 2.88 bits per heavy atom. The Bertz CT molecular complexity index is 471. The van der Waals surface area contributed by atoms with Crippen molar-refractivity contribution in [3.05, 3.63) is 53.1 Å². The van der Waals surface area contributed by atoms with Crippen molar-refractivity contribution in [3.63, 3.8) is 0 Å². The average molecular weight is 234 g/mol. The second kappa shape index (κ2) is 4.94. The number of hydrogen-bond donors (Lipinski definition) is 1. The van der Waals surface area contributed by atoms with Crippen LogP contribution in [0.15, 0.2) is 36.8 Å². The Morgan fingerprint density at radius 1 is 1.31 bits per heavy atom. The zero-order chi connectivity index (χ0) is 11.4. The molecular formula is C12H12ClN3. The molecule has 0 fully saturated rings. The molecule has 1 aromatic heterocycles. The van der Waals surface area contributed by atoms with Crippen LogP contribution in [0.25, 0.3) is 0 Å². The van der Waals surface area contributed by atoms with Crippen molar-refractivity contribution in [2.45, 2.75) is 13.5 Å². The molecule has 1 aromatic carbocycles. The fourth-order valence-electron chi connectivity index (χ4n) is 1.37. The summed E-state index contributed by atoms with van der Waals surface area (Å²) in [5.74, 6) is 0. The minimum absolute atomic E-state index is 0.644. The van der Waals surface area contributed by atoms with Gasteiger partial charge in [-0.05, 0) is 30.7 Å². The van der Waals surface area contributed by atoms with Crippen LogP contribution in [0, 0.1) is 6.92 Å². The lowest BCUT2D eigenvalue weighted by Gasteiger charge is -2.08. The molecule has 2 aromatic rings. The largest absolute Gasteiger partial charge is 0.378 e. The topological polar surface area (TPSA) is 37.8 Å². The summed E-state index contributed by atoms with van der Waals surface area (Å²) in [6.07, 6.45) is 3.26. The quantitative estimate of drug-likeness (QED) is 0.886. The molecular weight excluding hydrogens is 222 g/mol. The van der Waals surface area contributed by atoms with Crippen LogP contribution < -0.4 is 5.32 Å². The fourth-order valence-corrected chi connectivity index (χ4v) is 1.67. The molecule has 0 saturated carbocycles. The van der Waals surface area contributed by atoms with Crippen LogP contribution >= 0.6 is 11.6 Å².